The van der Waals surface area contributed by atoms with Gasteiger partial charge in [-0.15, -0.1) is 0 Å². The van der Waals surface area contributed by atoms with Crippen molar-refractivity contribution in [3.05, 3.63) is 22.7 Å². The van der Waals surface area contributed by atoms with Crippen LogP contribution >= 0.6 is 11.6 Å². The Morgan fingerprint density at radius 1 is 1.53 bits per heavy atom. The third-order valence-corrected chi connectivity index (χ3v) is 1.97. The first-order valence-electron chi connectivity index (χ1n) is 3.96. The molecule has 0 heterocycles. The normalized spacial score (nSPS) is 10.5. The lowest BCUT2D eigenvalue weighted by molar-refractivity contribution is -0.0492. The second kappa shape index (κ2) is 4.44. The number of rotatable bonds is 3. The maximum absolute atomic E-state index is 11.9. The van der Waals surface area contributed by atoms with E-state index in [2.05, 4.69) is 4.74 Å². The third kappa shape index (κ3) is 2.79. The number of alkyl halides is 2. The molecule has 0 saturated heterocycles. The molecule has 0 amide bonds. The average molecular weight is 236 g/mol. The highest BCUT2D eigenvalue weighted by atomic mass is 35.5. The van der Waals surface area contributed by atoms with E-state index in [1.165, 1.54) is 19.1 Å². The summed E-state index contributed by atoms with van der Waals surface area (Å²) in [5.74, 6) is -0.566. The van der Waals surface area contributed by atoms with E-state index in [1.54, 1.807) is 0 Å². The SMILES string of the molecule is CC(=O)c1cc(N)c(OC(F)F)c(Cl)c1. The van der Waals surface area contributed by atoms with Crippen LogP contribution in [-0.2, 0) is 0 Å². The zero-order chi connectivity index (χ0) is 11.6. The summed E-state index contributed by atoms with van der Waals surface area (Å²) in [5, 5.41) is -0.111. The molecule has 6 heteroatoms. The minimum absolute atomic E-state index is 0.0898. The Bertz CT molecular complexity index is 373. The number of nitrogen functional groups attached to an aromatic ring is 1. The molecule has 0 aliphatic heterocycles. The number of carbonyl (C=O) groups excluding carboxylic acids is 1. The predicted octanol–water partition coefficient (Wildman–Crippen LogP) is 2.73. The topological polar surface area (TPSA) is 52.3 Å². The highest BCUT2D eigenvalue weighted by Crippen LogP contribution is 2.33. The predicted molar refractivity (Wildman–Crippen MR) is 52.5 cm³/mol. The lowest BCUT2D eigenvalue weighted by Crippen LogP contribution is -2.06. The molecule has 0 aliphatic rings. The molecule has 3 nitrogen and oxygen atoms in total. The van der Waals surface area contributed by atoms with Crippen molar-refractivity contribution < 1.29 is 18.3 Å². The minimum atomic E-state index is -3.01. The molecule has 0 bridgehead atoms. The molecule has 0 unspecified atom stereocenters. The van der Waals surface area contributed by atoms with Crippen LogP contribution in [0.2, 0.25) is 5.02 Å². The molecule has 0 saturated carbocycles. The summed E-state index contributed by atoms with van der Waals surface area (Å²) < 4.78 is 28.0. The molecule has 0 radical (unpaired) electrons. The van der Waals surface area contributed by atoms with Crippen LogP contribution in [0.4, 0.5) is 14.5 Å². The molecular formula is C9H8ClF2NO2. The molecule has 0 aromatic heterocycles. The number of ketones is 1. The van der Waals surface area contributed by atoms with Crippen molar-refractivity contribution in [1.29, 1.82) is 0 Å². The van der Waals surface area contributed by atoms with Crippen LogP contribution in [0.1, 0.15) is 17.3 Å². The van der Waals surface area contributed by atoms with E-state index in [1.807, 2.05) is 0 Å². The summed E-state index contributed by atoms with van der Waals surface area (Å²) in [7, 11) is 0. The van der Waals surface area contributed by atoms with Crippen molar-refractivity contribution in [3.63, 3.8) is 0 Å². The zero-order valence-corrected chi connectivity index (χ0v) is 8.52. The molecule has 0 fully saturated rings. The molecule has 1 rings (SSSR count). The van der Waals surface area contributed by atoms with Gasteiger partial charge in [0.1, 0.15) is 0 Å². The highest BCUT2D eigenvalue weighted by Gasteiger charge is 2.14. The van der Waals surface area contributed by atoms with Gasteiger partial charge in [-0.2, -0.15) is 8.78 Å². The number of nitrogens with two attached hydrogens (primary N) is 1. The van der Waals surface area contributed by atoms with Gasteiger partial charge in [-0.25, -0.2) is 0 Å². The summed E-state index contributed by atoms with van der Waals surface area (Å²) in [6.07, 6.45) is 0. The number of anilines is 1. The van der Waals surface area contributed by atoms with Crippen LogP contribution in [-0.4, -0.2) is 12.4 Å². The lowest BCUT2D eigenvalue weighted by Gasteiger charge is -2.10. The van der Waals surface area contributed by atoms with Gasteiger partial charge in [0.25, 0.3) is 0 Å². The average Bonchev–Trinajstić information content (AvgIpc) is 2.10. The molecule has 1 aromatic rings. The van der Waals surface area contributed by atoms with Crippen LogP contribution in [0.3, 0.4) is 0 Å². The number of halogens is 3. The summed E-state index contributed by atoms with van der Waals surface area (Å²) in [6.45, 7) is -1.69. The van der Waals surface area contributed by atoms with Gasteiger partial charge in [0.2, 0.25) is 0 Å². The van der Waals surface area contributed by atoms with E-state index in [0.29, 0.717) is 0 Å². The molecule has 0 atom stereocenters. The van der Waals surface area contributed by atoms with E-state index in [4.69, 9.17) is 17.3 Å². The Kier molecular flexibility index (Phi) is 3.47. The van der Waals surface area contributed by atoms with Crippen LogP contribution in [0.5, 0.6) is 5.75 Å². The minimum Gasteiger partial charge on any atom is -0.431 e. The fourth-order valence-corrected chi connectivity index (χ4v) is 1.30. The molecular weight excluding hydrogens is 228 g/mol. The summed E-state index contributed by atoms with van der Waals surface area (Å²) in [4.78, 5) is 11.0. The second-order valence-corrected chi connectivity index (χ2v) is 3.22. The van der Waals surface area contributed by atoms with Crippen LogP contribution in [0, 0.1) is 0 Å². The first-order valence-corrected chi connectivity index (χ1v) is 4.34. The smallest absolute Gasteiger partial charge is 0.387 e. The summed E-state index contributed by atoms with van der Waals surface area (Å²) in [6, 6.07) is 2.48. The van der Waals surface area contributed by atoms with Crippen molar-refractivity contribution in [2.24, 2.45) is 0 Å². The van der Waals surface area contributed by atoms with Crippen LogP contribution in [0.25, 0.3) is 0 Å². The summed E-state index contributed by atoms with van der Waals surface area (Å²) in [5.41, 5.74) is 5.57. The molecule has 82 valence electrons. The summed E-state index contributed by atoms with van der Waals surface area (Å²) >= 11 is 5.63. The lowest BCUT2D eigenvalue weighted by atomic mass is 10.1. The van der Waals surface area contributed by atoms with Crippen molar-refractivity contribution in [2.45, 2.75) is 13.5 Å². The highest BCUT2D eigenvalue weighted by molar-refractivity contribution is 6.33. The van der Waals surface area contributed by atoms with E-state index < -0.39 is 6.61 Å². The van der Waals surface area contributed by atoms with E-state index in [9.17, 15) is 13.6 Å². The standard InChI is InChI=1S/C9H8ClF2NO2/c1-4(14)5-2-6(10)8(7(13)3-5)15-9(11)12/h2-3,9H,13H2,1H3. The first-order chi connectivity index (χ1) is 6.91. The van der Waals surface area contributed by atoms with Gasteiger partial charge >= 0.3 is 6.61 Å². The Balaban J connectivity index is 3.15. The van der Waals surface area contributed by atoms with Crippen molar-refractivity contribution in [3.8, 4) is 5.75 Å². The van der Waals surface area contributed by atoms with E-state index in [0.717, 1.165) is 0 Å². The van der Waals surface area contributed by atoms with Crippen molar-refractivity contribution in [2.75, 3.05) is 5.73 Å². The third-order valence-electron chi connectivity index (χ3n) is 1.69. The maximum Gasteiger partial charge on any atom is 0.387 e. The fourth-order valence-electron chi connectivity index (χ4n) is 1.03. The fraction of sp³-hybridized carbons (Fsp3) is 0.222. The number of hydrogen-bond donors (Lipinski definition) is 1. The number of carbonyl (C=O) groups is 1. The van der Waals surface area contributed by atoms with Crippen molar-refractivity contribution >= 4 is 23.1 Å². The van der Waals surface area contributed by atoms with Gasteiger partial charge in [-0.1, -0.05) is 11.6 Å². The van der Waals surface area contributed by atoms with Crippen LogP contribution < -0.4 is 10.5 Å². The Morgan fingerprint density at radius 3 is 2.53 bits per heavy atom. The Labute approximate surface area is 89.8 Å². The Hall–Kier alpha value is -1.36. The van der Waals surface area contributed by atoms with Gasteiger partial charge in [0.05, 0.1) is 10.7 Å². The van der Waals surface area contributed by atoms with Gasteiger partial charge in [0.15, 0.2) is 11.5 Å². The van der Waals surface area contributed by atoms with Crippen molar-refractivity contribution in [1.82, 2.24) is 0 Å². The molecule has 2 N–H and O–H groups in total. The van der Waals surface area contributed by atoms with Gasteiger partial charge in [-0.3, -0.25) is 4.79 Å². The van der Waals surface area contributed by atoms with Gasteiger partial charge in [-0.05, 0) is 19.1 Å². The monoisotopic (exact) mass is 235 g/mol. The first kappa shape index (κ1) is 11.7. The molecule has 15 heavy (non-hydrogen) atoms. The molecule has 1 aromatic carbocycles. The second-order valence-electron chi connectivity index (χ2n) is 2.81. The molecule has 0 aliphatic carbocycles. The largest absolute Gasteiger partial charge is 0.431 e. The number of benzene rings is 1. The molecule has 0 spiro atoms. The number of ether oxygens (including phenoxy) is 1. The van der Waals surface area contributed by atoms with Gasteiger partial charge < -0.3 is 10.5 Å². The quantitative estimate of drug-likeness (QED) is 0.647. The maximum atomic E-state index is 11.9. The number of hydrogen-bond acceptors (Lipinski definition) is 3. The zero-order valence-electron chi connectivity index (χ0n) is 7.76. The van der Waals surface area contributed by atoms with Gasteiger partial charge in [0, 0.05) is 5.56 Å². The van der Waals surface area contributed by atoms with E-state index >= 15 is 0 Å². The van der Waals surface area contributed by atoms with E-state index in [-0.39, 0.29) is 27.8 Å². The van der Waals surface area contributed by atoms with Crippen LogP contribution in [0.15, 0.2) is 12.1 Å². The number of Topliss-reactive ketones (excluding diaryl/α,β-unsaturated/α-hetero) is 1. The Morgan fingerprint density at radius 2 is 2.13 bits per heavy atom.